The highest BCUT2D eigenvalue weighted by Gasteiger charge is 2.51. The predicted molar refractivity (Wildman–Crippen MR) is 133 cm³/mol. The van der Waals surface area contributed by atoms with Gasteiger partial charge in [-0.1, -0.05) is 18.6 Å². The number of Topliss-reactive ketones (excluding diaryl/α,β-unsaturated/α-hetero) is 1. The maximum absolute atomic E-state index is 13.3. The van der Waals surface area contributed by atoms with E-state index in [0.717, 1.165) is 43.2 Å². The number of benzene rings is 2. The van der Waals surface area contributed by atoms with Gasteiger partial charge in [-0.15, -0.1) is 0 Å². The van der Waals surface area contributed by atoms with Gasteiger partial charge in [0.2, 0.25) is 0 Å². The number of anilines is 1. The lowest BCUT2D eigenvalue weighted by Crippen LogP contribution is -2.43. The number of nitrogens with one attached hydrogen (secondary N) is 1. The summed E-state index contributed by atoms with van der Waals surface area (Å²) < 4.78 is 41.3. The molecule has 1 saturated carbocycles. The number of carbonyl (C=O) groups is 1. The van der Waals surface area contributed by atoms with Gasteiger partial charge in [-0.25, -0.2) is 8.42 Å². The SMILES string of the molecule is COc1ccccc1S(=O)(=O)Nc1cc(OC2CC3CCC(C2)N3C)c2c(c1)C1(CCC1)C(=O)C2. The maximum atomic E-state index is 13.3. The lowest BCUT2D eigenvalue weighted by atomic mass is 9.64. The molecule has 2 atom stereocenters. The molecule has 0 amide bonds. The van der Waals surface area contributed by atoms with E-state index >= 15 is 0 Å². The van der Waals surface area contributed by atoms with Crippen LogP contribution in [0.5, 0.6) is 11.5 Å². The second-order valence-electron chi connectivity index (χ2n) is 10.6. The van der Waals surface area contributed by atoms with E-state index in [1.165, 1.54) is 26.0 Å². The van der Waals surface area contributed by atoms with Crippen LogP contribution in [0.2, 0.25) is 0 Å². The molecule has 186 valence electrons. The molecule has 2 aromatic rings. The van der Waals surface area contributed by atoms with Crippen LogP contribution in [0.3, 0.4) is 0 Å². The van der Waals surface area contributed by atoms with Crippen LogP contribution in [0.25, 0.3) is 0 Å². The number of fused-ring (bicyclic) bond motifs is 4. The molecule has 1 N–H and O–H groups in total. The summed E-state index contributed by atoms with van der Waals surface area (Å²) in [4.78, 5) is 15.7. The van der Waals surface area contributed by atoms with Crippen LogP contribution in [0.15, 0.2) is 41.3 Å². The standard InChI is InChI=1S/C27H32N2O5S/c1-29-18-8-9-19(29)15-20(14-18)34-24-13-17(12-22-21(24)16-26(30)27(22)10-5-11-27)28-35(31,32)25-7-4-3-6-23(25)33-2/h3-4,6-7,12-13,18-20,28H,5,8-11,14-16H2,1-2H3. The van der Waals surface area contributed by atoms with E-state index in [1.54, 1.807) is 24.3 Å². The highest BCUT2D eigenvalue weighted by atomic mass is 32.2. The van der Waals surface area contributed by atoms with Crippen molar-refractivity contribution in [1.82, 2.24) is 4.90 Å². The minimum atomic E-state index is -3.90. The fourth-order valence-corrected chi connectivity index (χ4v) is 7.88. The number of methoxy groups -OCH3 is 1. The molecule has 8 heteroatoms. The van der Waals surface area contributed by atoms with Crippen molar-refractivity contribution in [3.8, 4) is 11.5 Å². The first kappa shape index (κ1) is 22.9. The summed E-state index contributed by atoms with van der Waals surface area (Å²) in [5.74, 6) is 1.17. The van der Waals surface area contributed by atoms with Crippen molar-refractivity contribution in [3.63, 3.8) is 0 Å². The number of ether oxygens (including phenoxy) is 2. The van der Waals surface area contributed by atoms with Crippen molar-refractivity contribution < 1.29 is 22.7 Å². The zero-order chi connectivity index (χ0) is 24.4. The summed E-state index contributed by atoms with van der Waals surface area (Å²) in [6.45, 7) is 0. The smallest absolute Gasteiger partial charge is 0.265 e. The summed E-state index contributed by atoms with van der Waals surface area (Å²) in [7, 11) is -0.248. The van der Waals surface area contributed by atoms with Gasteiger partial charge in [0.05, 0.1) is 18.2 Å². The number of piperidine rings is 1. The second kappa shape index (κ2) is 8.23. The second-order valence-corrected chi connectivity index (χ2v) is 12.2. The van der Waals surface area contributed by atoms with Gasteiger partial charge in [0.25, 0.3) is 10.0 Å². The maximum Gasteiger partial charge on any atom is 0.265 e. The third kappa shape index (κ3) is 3.64. The van der Waals surface area contributed by atoms with Crippen molar-refractivity contribution >= 4 is 21.5 Å². The molecule has 0 radical (unpaired) electrons. The van der Waals surface area contributed by atoms with Crippen LogP contribution in [-0.2, 0) is 26.7 Å². The number of carbonyl (C=O) groups excluding carboxylic acids is 1. The third-order valence-corrected chi connectivity index (χ3v) is 10.2. The Morgan fingerprint density at radius 3 is 2.43 bits per heavy atom. The predicted octanol–water partition coefficient (Wildman–Crippen LogP) is 4.05. The lowest BCUT2D eigenvalue weighted by molar-refractivity contribution is -0.125. The Labute approximate surface area is 206 Å². The number of para-hydroxylation sites is 1. The summed E-state index contributed by atoms with van der Waals surface area (Å²) in [5.41, 5.74) is 1.84. The molecule has 2 saturated heterocycles. The molecule has 2 aromatic carbocycles. The zero-order valence-corrected chi connectivity index (χ0v) is 21.1. The van der Waals surface area contributed by atoms with Gasteiger partial charge in [-0.05, 0) is 69.3 Å². The lowest BCUT2D eigenvalue weighted by Gasteiger charge is -2.38. The average molecular weight is 497 g/mol. The summed E-state index contributed by atoms with van der Waals surface area (Å²) in [6, 6.07) is 11.2. The normalized spacial score (nSPS) is 26.9. The average Bonchev–Trinajstić information content (AvgIpc) is 3.20. The minimum absolute atomic E-state index is 0.0712. The summed E-state index contributed by atoms with van der Waals surface area (Å²) >= 11 is 0. The third-order valence-electron chi connectivity index (χ3n) is 8.76. The van der Waals surface area contributed by atoms with E-state index in [9.17, 15) is 13.2 Å². The van der Waals surface area contributed by atoms with E-state index < -0.39 is 15.4 Å². The first-order valence-corrected chi connectivity index (χ1v) is 14.0. The molecule has 35 heavy (non-hydrogen) atoms. The van der Waals surface area contributed by atoms with Crippen molar-refractivity contribution in [2.24, 2.45) is 0 Å². The van der Waals surface area contributed by atoms with E-state index in [2.05, 4.69) is 16.7 Å². The van der Waals surface area contributed by atoms with Crippen LogP contribution in [-0.4, -0.2) is 51.4 Å². The van der Waals surface area contributed by atoms with Crippen LogP contribution in [0, 0.1) is 0 Å². The van der Waals surface area contributed by atoms with Crippen molar-refractivity contribution in [3.05, 3.63) is 47.5 Å². The number of sulfonamides is 1. The Morgan fingerprint density at radius 2 is 1.77 bits per heavy atom. The first-order valence-electron chi connectivity index (χ1n) is 12.6. The quantitative estimate of drug-likeness (QED) is 0.650. The number of ketones is 1. The van der Waals surface area contributed by atoms with Gasteiger partial charge in [0.1, 0.15) is 28.3 Å². The molecule has 7 nitrogen and oxygen atoms in total. The molecule has 2 heterocycles. The number of nitrogens with zero attached hydrogens (tertiary/aromatic N) is 1. The zero-order valence-electron chi connectivity index (χ0n) is 20.2. The Kier molecular flexibility index (Phi) is 5.38. The number of rotatable bonds is 6. The molecule has 0 aromatic heterocycles. The fourth-order valence-electron chi connectivity index (χ4n) is 6.67. The van der Waals surface area contributed by atoms with Crippen molar-refractivity contribution in [2.75, 3.05) is 18.9 Å². The summed E-state index contributed by atoms with van der Waals surface area (Å²) in [5, 5.41) is 0. The molecule has 2 aliphatic carbocycles. The summed E-state index contributed by atoms with van der Waals surface area (Å²) in [6.07, 6.45) is 7.38. The molecule has 2 bridgehead atoms. The van der Waals surface area contributed by atoms with Gasteiger partial charge in [0, 0.05) is 30.1 Å². The van der Waals surface area contributed by atoms with E-state index in [0.29, 0.717) is 29.9 Å². The topological polar surface area (TPSA) is 84.9 Å². The monoisotopic (exact) mass is 496 g/mol. The highest BCUT2D eigenvalue weighted by Crippen LogP contribution is 2.53. The molecule has 4 aliphatic rings. The molecular weight excluding hydrogens is 464 g/mol. The Balaban J connectivity index is 1.37. The van der Waals surface area contributed by atoms with Gasteiger partial charge in [0.15, 0.2) is 0 Å². The minimum Gasteiger partial charge on any atom is -0.495 e. The molecule has 2 unspecified atom stereocenters. The number of hydrogen-bond donors (Lipinski definition) is 1. The molecule has 2 aliphatic heterocycles. The Hall–Kier alpha value is -2.58. The van der Waals surface area contributed by atoms with Crippen molar-refractivity contribution in [1.29, 1.82) is 0 Å². The first-order chi connectivity index (χ1) is 16.8. The van der Waals surface area contributed by atoms with Crippen LogP contribution in [0.4, 0.5) is 5.69 Å². The van der Waals surface area contributed by atoms with Crippen LogP contribution >= 0.6 is 0 Å². The molecule has 6 rings (SSSR count). The largest absolute Gasteiger partial charge is 0.495 e. The van der Waals surface area contributed by atoms with Gasteiger partial charge >= 0.3 is 0 Å². The molecule has 1 spiro atoms. The van der Waals surface area contributed by atoms with Gasteiger partial charge in [-0.2, -0.15) is 0 Å². The van der Waals surface area contributed by atoms with E-state index in [1.807, 2.05) is 6.07 Å². The fraction of sp³-hybridized carbons (Fsp3) is 0.519. The van der Waals surface area contributed by atoms with Crippen molar-refractivity contribution in [2.45, 2.75) is 79.9 Å². The highest BCUT2D eigenvalue weighted by molar-refractivity contribution is 7.92. The molecule has 3 fully saturated rings. The van der Waals surface area contributed by atoms with Gasteiger partial charge < -0.3 is 14.4 Å². The Bertz CT molecular complexity index is 1270. The molecular formula is C27H32N2O5S. The van der Waals surface area contributed by atoms with Gasteiger partial charge in [-0.3, -0.25) is 9.52 Å². The van der Waals surface area contributed by atoms with E-state index in [-0.39, 0.29) is 22.5 Å². The van der Waals surface area contributed by atoms with E-state index in [4.69, 9.17) is 9.47 Å². The van der Waals surface area contributed by atoms with Crippen LogP contribution in [0.1, 0.15) is 56.1 Å². The van der Waals surface area contributed by atoms with Crippen LogP contribution < -0.4 is 14.2 Å². The number of hydrogen-bond acceptors (Lipinski definition) is 6. The Morgan fingerprint density at radius 1 is 1.06 bits per heavy atom.